The second kappa shape index (κ2) is 5.17. The van der Waals surface area contributed by atoms with Crippen LogP contribution in [-0.4, -0.2) is 25.2 Å². The Morgan fingerprint density at radius 3 is 2.88 bits per heavy atom. The maximum atomic E-state index is 5.72. The molecular formula is C9H12ClN7. The first-order valence-corrected chi connectivity index (χ1v) is 5.37. The summed E-state index contributed by atoms with van der Waals surface area (Å²) < 4.78 is 0. The number of nitrogens with one attached hydrogen (secondary N) is 1. The third-order valence-corrected chi connectivity index (χ3v) is 2.51. The van der Waals surface area contributed by atoms with E-state index in [2.05, 4.69) is 25.8 Å². The largest absolute Gasteiger partial charge is 0.271 e. The average Bonchev–Trinajstić information content (AvgIpc) is 2.73. The van der Waals surface area contributed by atoms with Crippen molar-refractivity contribution in [3.63, 3.8) is 0 Å². The maximum absolute atomic E-state index is 5.72. The van der Waals surface area contributed by atoms with Gasteiger partial charge >= 0.3 is 0 Å². The molecule has 1 atom stereocenters. The summed E-state index contributed by atoms with van der Waals surface area (Å²) in [6.45, 7) is 0. The van der Waals surface area contributed by atoms with Crippen LogP contribution < -0.4 is 11.3 Å². The third kappa shape index (κ3) is 2.96. The Morgan fingerprint density at radius 2 is 2.35 bits per heavy atom. The van der Waals surface area contributed by atoms with Gasteiger partial charge in [0, 0.05) is 12.6 Å². The molecule has 2 aromatic rings. The van der Waals surface area contributed by atoms with E-state index in [1.165, 1.54) is 4.80 Å². The van der Waals surface area contributed by atoms with Crippen molar-refractivity contribution in [3.05, 3.63) is 34.9 Å². The Hall–Kier alpha value is -1.57. The summed E-state index contributed by atoms with van der Waals surface area (Å²) in [7, 11) is 1.71. The molecule has 1 unspecified atom stereocenters. The number of hydrazine groups is 1. The van der Waals surface area contributed by atoms with E-state index in [4.69, 9.17) is 17.4 Å². The topological polar surface area (TPSA) is 94.5 Å². The molecule has 90 valence electrons. The number of rotatable bonds is 4. The summed E-state index contributed by atoms with van der Waals surface area (Å²) in [5.74, 6) is 6.12. The van der Waals surface area contributed by atoms with Crippen LogP contribution in [0.1, 0.15) is 17.4 Å². The number of aryl methyl sites for hydroxylation is 1. The highest BCUT2D eigenvalue weighted by Gasteiger charge is 2.14. The fourth-order valence-corrected chi connectivity index (χ4v) is 1.57. The molecule has 0 spiro atoms. The van der Waals surface area contributed by atoms with Crippen LogP contribution in [0.4, 0.5) is 0 Å². The van der Waals surface area contributed by atoms with Crippen LogP contribution in [0.15, 0.2) is 18.3 Å². The van der Waals surface area contributed by atoms with Crippen LogP contribution in [-0.2, 0) is 13.5 Å². The lowest BCUT2D eigenvalue weighted by atomic mass is 10.1. The lowest BCUT2D eigenvalue weighted by Crippen LogP contribution is -2.30. The normalized spacial score (nSPS) is 12.6. The molecule has 0 aliphatic rings. The number of aromatic nitrogens is 5. The lowest BCUT2D eigenvalue weighted by Gasteiger charge is -2.13. The van der Waals surface area contributed by atoms with Gasteiger partial charge in [-0.1, -0.05) is 17.7 Å². The molecule has 8 heteroatoms. The van der Waals surface area contributed by atoms with Gasteiger partial charge in [-0.05, 0) is 16.8 Å². The van der Waals surface area contributed by atoms with E-state index >= 15 is 0 Å². The highest BCUT2D eigenvalue weighted by molar-refractivity contribution is 6.29. The van der Waals surface area contributed by atoms with Gasteiger partial charge < -0.3 is 0 Å². The van der Waals surface area contributed by atoms with E-state index in [1.54, 1.807) is 19.3 Å². The van der Waals surface area contributed by atoms with Gasteiger partial charge in [-0.25, -0.2) is 4.98 Å². The number of hydrogen-bond acceptors (Lipinski definition) is 6. The van der Waals surface area contributed by atoms with Gasteiger partial charge in [0.15, 0.2) is 5.82 Å². The standard InChI is InChI=1S/C9H12ClN7/c1-17-15-9(14-16-17)4-7(13-11)6-2-3-8(10)12-5-6/h2-3,5,7,13H,4,11H2,1H3. The van der Waals surface area contributed by atoms with E-state index < -0.39 is 0 Å². The summed E-state index contributed by atoms with van der Waals surface area (Å²) in [6, 6.07) is 3.45. The molecule has 17 heavy (non-hydrogen) atoms. The van der Waals surface area contributed by atoms with E-state index in [0.717, 1.165) is 5.56 Å². The molecule has 2 rings (SSSR count). The van der Waals surface area contributed by atoms with Crippen molar-refractivity contribution in [1.29, 1.82) is 0 Å². The van der Waals surface area contributed by atoms with Crippen LogP contribution in [0.5, 0.6) is 0 Å². The Balaban J connectivity index is 2.13. The van der Waals surface area contributed by atoms with Crippen molar-refractivity contribution < 1.29 is 0 Å². The highest BCUT2D eigenvalue weighted by Crippen LogP contribution is 2.16. The molecule has 0 saturated carbocycles. The van der Waals surface area contributed by atoms with Crippen molar-refractivity contribution in [1.82, 2.24) is 30.6 Å². The molecule has 0 aromatic carbocycles. The van der Waals surface area contributed by atoms with Gasteiger partial charge in [-0.3, -0.25) is 11.3 Å². The van der Waals surface area contributed by atoms with Crippen molar-refractivity contribution in [3.8, 4) is 0 Å². The van der Waals surface area contributed by atoms with Crippen molar-refractivity contribution in [2.45, 2.75) is 12.5 Å². The summed E-state index contributed by atoms with van der Waals surface area (Å²) in [6.07, 6.45) is 2.21. The van der Waals surface area contributed by atoms with Crippen LogP contribution in [0, 0.1) is 0 Å². The second-order valence-electron chi connectivity index (χ2n) is 3.53. The molecule has 0 aliphatic heterocycles. The number of hydrogen-bond donors (Lipinski definition) is 2. The van der Waals surface area contributed by atoms with Crippen LogP contribution in [0.25, 0.3) is 0 Å². The Labute approximate surface area is 103 Å². The predicted molar refractivity (Wildman–Crippen MR) is 61.8 cm³/mol. The van der Waals surface area contributed by atoms with Crippen LogP contribution in [0.2, 0.25) is 5.15 Å². The van der Waals surface area contributed by atoms with Crippen molar-refractivity contribution in [2.75, 3.05) is 0 Å². The summed E-state index contributed by atoms with van der Waals surface area (Å²) in [4.78, 5) is 5.41. The monoisotopic (exact) mass is 253 g/mol. The average molecular weight is 254 g/mol. The lowest BCUT2D eigenvalue weighted by molar-refractivity contribution is 0.534. The minimum absolute atomic E-state index is 0.121. The number of nitrogens with zero attached hydrogens (tertiary/aromatic N) is 5. The van der Waals surface area contributed by atoms with Gasteiger partial charge in [0.1, 0.15) is 5.15 Å². The molecule has 7 nitrogen and oxygen atoms in total. The van der Waals surface area contributed by atoms with Crippen molar-refractivity contribution >= 4 is 11.6 Å². The van der Waals surface area contributed by atoms with E-state index in [1.807, 2.05) is 6.07 Å². The summed E-state index contributed by atoms with van der Waals surface area (Å²) >= 11 is 5.72. The quantitative estimate of drug-likeness (QED) is 0.453. The van der Waals surface area contributed by atoms with E-state index in [0.29, 0.717) is 17.4 Å². The Bertz CT molecular complexity index is 480. The molecule has 0 radical (unpaired) electrons. The minimum atomic E-state index is -0.121. The van der Waals surface area contributed by atoms with E-state index in [-0.39, 0.29) is 6.04 Å². The molecule has 2 aromatic heterocycles. The van der Waals surface area contributed by atoms with Gasteiger partial charge in [-0.2, -0.15) is 4.80 Å². The molecule has 0 saturated heterocycles. The number of pyridine rings is 1. The molecule has 2 heterocycles. The molecule has 0 bridgehead atoms. The molecule has 0 amide bonds. The smallest absolute Gasteiger partial charge is 0.176 e. The zero-order valence-electron chi connectivity index (χ0n) is 9.21. The number of tetrazole rings is 1. The van der Waals surface area contributed by atoms with Gasteiger partial charge in [0.2, 0.25) is 0 Å². The first-order chi connectivity index (χ1) is 8.19. The maximum Gasteiger partial charge on any atom is 0.176 e. The van der Waals surface area contributed by atoms with E-state index in [9.17, 15) is 0 Å². The molecule has 0 aliphatic carbocycles. The summed E-state index contributed by atoms with van der Waals surface area (Å²) in [5, 5.41) is 12.2. The third-order valence-electron chi connectivity index (χ3n) is 2.29. The number of nitrogens with two attached hydrogens (primary N) is 1. The SMILES string of the molecule is Cn1nnc(CC(NN)c2ccc(Cl)nc2)n1. The minimum Gasteiger partial charge on any atom is -0.271 e. The summed E-state index contributed by atoms with van der Waals surface area (Å²) in [5.41, 5.74) is 3.62. The molecule has 3 N–H and O–H groups in total. The molecular weight excluding hydrogens is 242 g/mol. The first kappa shape index (κ1) is 11.9. The molecule has 0 fully saturated rings. The fourth-order valence-electron chi connectivity index (χ4n) is 1.45. The highest BCUT2D eigenvalue weighted by atomic mass is 35.5. The van der Waals surface area contributed by atoms with Crippen molar-refractivity contribution in [2.24, 2.45) is 12.9 Å². The number of halogens is 1. The zero-order chi connectivity index (χ0) is 12.3. The Kier molecular flexibility index (Phi) is 3.62. The zero-order valence-corrected chi connectivity index (χ0v) is 9.96. The Morgan fingerprint density at radius 1 is 1.53 bits per heavy atom. The predicted octanol–water partition coefficient (Wildman–Crippen LogP) is 0.00560. The van der Waals surface area contributed by atoms with Gasteiger partial charge in [0.25, 0.3) is 0 Å². The van der Waals surface area contributed by atoms with Gasteiger partial charge in [0.05, 0.1) is 13.1 Å². The van der Waals surface area contributed by atoms with Crippen LogP contribution in [0.3, 0.4) is 0 Å². The first-order valence-electron chi connectivity index (χ1n) is 4.99. The van der Waals surface area contributed by atoms with Crippen LogP contribution >= 0.6 is 11.6 Å². The fraction of sp³-hybridized carbons (Fsp3) is 0.333. The second-order valence-corrected chi connectivity index (χ2v) is 3.92. The van der Waals surface area contributed by atoms with Gasteiger partial charge in [-0.15, -0.1) is 10.2 Å².